The number of anilines is 1. The Hall–Kier alpha value is -3.39. The molecular weight excluding hydrogens is 446 g/mol. The molecular formula is C27H33N3O5. The molecule has 2 aliphatic heterocycles. The van der Waals surface area contributed by atoms with Crippen LogP contribution >= 0.6 is 0 Å². The molecule has 0 saturated carbocycles. The van der Waals surface area contributed by atoms with Gasteiger partial charge in [-0.15, -0.1) is 0 Å². The number of ether oxygens (including phenoxy) is 2. The van der Waals surface area contributed by atoms with E-state index < -0.39 is 0 Å². The number of nitrogens with one attached hydrogen (secondary N) is 2. The van der Waals surface area contributed by atoms with Gasteiger partial charge in [0.25, 0.3) is 5.91 Å². The first-order chi connectivity index (χ1) is 16.9. The number of rotatable bonds is 7. The van der Waals surface area contributed by atoms with Crippen LogP contribution in [0.3, 0.4) is 0 Å². The lowest BCUT2D eigenvalue weighted by Crippen LogP contribution is -2.53. The normalized spacial score (nSPS) is 21.6. The Balaban J connectivity index is 1.38. The second-order valence-electron chi connectivity index (χ2n) is 9.14. The third-order valence-corrected chi connectivity index (χ3v) is 6.52. The maximum atomic E-state index is 13.3. The molecule has 2 aromatic carbocycles. The third-order valence-electron chi connectivity index (χ3n) is 6.52. The molecule has 1 fully saturated rings. The van der Waals surface area contributed by atoms with Crippen molar-refractivity contribution in [3.63, 3.8) is 0 Å². The van der Waals surface area contributed by atoms with Crippen LogP contribution in [0, 0.1) is 0 Å². The maximum absolute atomic E-state index is 13.3. The van der Waals surface area contributed by atoms with E-state index in [-0.39, 0.29) is 49.0 Å². The molecule has 3 atom stereocenters. The van der Waals surface area contributed by atoms with Gasteiger partial charge in [-0.3, -0.25) is 14.4 Å². The fourth-order valence-corrected chi connectivity index (χ4v) is 4.63. The molecule has 0 radical (unpaired) electrons. The lowest BCUT2D eigenvalue weighted by molar-refractivity contribution is -0.134. The number of amides is 3. The van der Waals surface area contributed by atoms with E-state index in [2.05, 4.69) is 10.6 Å². The molecule has 2 aliphatic rings. The van der Waals surface area contributed by atoms with Gasteiger partial charge in [-0.2, -0.15) is 0 Å². The Morgan fingerprint density at radius 2 is 1.89 bits per heavy atom. The highest BCUT2D eigenvalue weighted by molar-refractivity contribution is 5.99. The minimum absolute atomic E-state index is 0.0588. The minimum atomic E-state index is -0.332. The monoisotopic (exact) mass is 479 g/mol. The molecule has 2 heterocycles. The molecule has 0 aromatic heterocycles. The smallest absolute Gasteiger partial charge is 0.257 e. The van der Waals surface area contributed by atoms with E-state index in [9.17, 15) is 14.4 Å². The Morgan fingerprint density at radius 1 is 1.09 bits per heavy atom. The number of hydrogen-bond acceptors (Lipinski definition) is 5. The van der Waals surface area contributed by atoms with Gasteiger partial charge in [0, 0.05) is 25.7 Å². The van der Waals surface area contributed by atoms with Crippen molar-refractivity contribution >= 4 is 23.4 Å². The number of likely N-dealkylation sites (N-methyl/N-ethyl adjacent to an activating group) is 1. The predicted molar refractivity (Wildman–Crippen MR) is 132 cm³/mol. The second-order valence-corrected chi connectivity index (χ2v) is 9.14. The van der Waals surface area contributed by atoms with Gasteiger partial charge in [-0.25, -0.2) is 0 Å². The topological polar surface area (TPSA) is 97.0 Å². The van der Waals surface area contributed by atoms with Crippen LogP contribution in [0.1, 0.15) is 54.9 Å². The average Bonchev–Trinajstić information content (AvgIpc) is 2.86. The Bertz CT molecular complexity index is 1060. The predicted octanol–water partition coefficient (Wildman–Crippen LogP) is 3.51. The number of hydrogen-bond donors (Lipinski definition) is 2. The van der Waals surface area contributed by atoms with Crippen molar-refractivity contribution in [2.24, 2.45) is 0 Å². The number of fused-ring (bicyclic) bond motifs is 2. The lowest BCUT2D eigenvalue weighted by atomic mass is 9.94. The van der Waals surface area contributed by atoms with E-state index in [0.717, 1.165) is 18.4 Å². The Kier molecular flexibility index (Phi) is 8.02. The van der Waals surface area contributed by atoms with Crippen molar-refractivity contribution < 1.29 is 23.9 Å². The zero-order chi connectivity index (χ0) is 24.8. The average molecular weight is 480 g/mol. The van der Waals surface area contributed by atoms with Crippen LogP contribution in [0.4, 0.5) is 5.69 Å². The van der Waals surface area contributed by atoms with E-state index >= 15 is 0 Å². The first-order valence-corrected chi connectivity index (χ1v) is 12.2. The molecule has 3 amide bonds. The summed E-state index contributed by atoms with van der Waals surface area (Å²) in [5.74, 6) is 0.139. The summed E-state index contributed by atoms with van der Waals surface area (Å²) >= 11 is 0. The molecule has 4 rings (SSSR count). The van der Waals surface area contributed by atoms with E-state index in [1.807, 2.05) is 37.3 Å². The third kappa shape index (κ3) is 6.19. The molecule has 8 nitrogen and oxygen atoms in total. The molecule has 0 bridgehead atoms. The van der Waals surface area contributed by atoms with Gasteiger partial charge in [0.2, 0.25) is 11.8 Å². The van der Waals surface area contributed by atoms with Crippen molar-refractivity contribution in [1.29, 1.82) is 0 Å². The molecule has 2 aromatic rings. The first kappa shape index (κ1) is 24.7. The van der Waals surface area contributed by atoms with Crippen molar-refractivity contribution in [1.82, 2.24) is 10.2 Å². The second kappa shape index (κ2) is 11.4. The van der Waals surface area contributed by atoms with Crippen molar-refractivity contribution in [3.05, 3.63) is 59.7 Å². The van der Waals surface area contributed by atoms with Gasteiger partial charge in [0.15, 0.2) is 0 Å². The van der Waals surface area contributed by atoms with Crippen LogP contribution in [-0.4, -0.2) is 54.5 Å². The summed E-state index contributed by atoms with van der Waals surface area (Å²) in [6.45, 7) is 2.70. The number of nitrogens with zero attached hydrogens (tertiary/aromatic N) is 1. The standard InChI is InChI=1S/C27H33N3O5/c1-3-7-25(31)29-19-10-13-23-21(14-19)27(33)30(2)22-12-11-20(35-24(22)17-34-23)15-26(32)28-16-18-8-5-4-6-9-18/h4-6,8-10,13-14,20,22,24H,3,7,11-12,15-17H2,1-2H3,(H,28,32)(H,29,31)/t20-,22+,24+/m1/s1. The molecule has 8 heteroatoms. The summed E-state index contributed by atoms with van der Waals surface area (Å²) < 4.78 is 12.2. The van der Waals surface area contributed by atoms with Gasteiger partial charge in [-0.05, 0) is 43.0 Å². The maximum Gasteiger partial charge on any atom is 0.257 e. The van der Waals surface area contributed by atoms with Gasteiger partial charge in [0.1, 0.15) is 18.5 Å². The highest BCUT2D eigenvalue weighted by Crippen LogP contribution is 2.32. The number of carbonyl (C=O) groups is 3. The van der Waals surface area contributed by atoms with Gasteiger partial charge in [0.05, 0.1) is 24.1 Å². The van der Waals surface area contributed by atoms with E-state index in [1.165, 1.54) is 0 Å². The molecule has 186 valence electrons. The summed E-state index contributed by atoms with van der Waals surface area (Å²) in [5.41, 5.74) is 2.04. The quantitative estimate of drug-likeness (QED) is 0.634. The van der Waals surface area contributed by atoms with Crippen LogP contribution in [0.2, 0.25) is 0 Å². The fraction of sp³-hybridized carbons (Fsp3) is 0.444. The van der Waals surface area contributed by atoms with Crippen LogP contribution in [-0.2, 0) is 20.9 Å². The largest absolute Gasteiger partial charge is 0.490 e. The van der Waals surface area contributed by atoms with E-state index in [1.54, 1.807) is 30.1 Å². The summed E-state index contributed by atoms with van der Waals surface area (Å²) in [6, 6.07) is 14.7. The highest BCUT2D eigenvalue weighted by Gasteiger charge is 2.39. The highest BCUT2D eigenvalue weighted by atomic mass is 16.5. The summed E-state index contributed by atoms with van der Waals surface area (Å²) in [5, 5.41) is 5.79. The van der Waals surface area contributed by atoms with Crippen molar-refractivity contribution in [3.8, 4) is 5.75 Å². The van der Waals surface area contributed by atoms with Crippen LogP contribution in [0.5, 0.6) is 5.75 Å². The Labute approximate surface area is 206 Å². The minimum Gasteiger partial charge on any atom is -0.490 e. The van der Waals surface area contributed by atoms with Crippen molar-refractivity contribution in [2.45, 2.75) is 63.8 Å². The molecule has 2 N–H and O–H groups in total. The Morgan fingerprint density at radius 3 is 2.66 bits per heavy atom. The molecule has 0 unspecified atom stereocenters. The van der Waals surface area contributed by atoms with Gasteiger partial charge >= 0.3 is 0 Å². The summed E-state index contributed by atoms with van der Waals surface area (Å²) in [7, 11) is 1.77. The molecule has 0 aliphatic carbocycles. The summed E-state index contributed by atoms with van der Waals surface area (Å²) in [4.78, 5) is 39.5. The SMILES string of the molecule is CCCC(=O)Nc1ccc2c(c1)C(=O)N(C)[C@H]1CC[C@H](CC(=O)NCc3ccccc3)O[C@H]1CO2. The zero-order valence-electron chi connectivity index (χ0n) is 20.3. The first-order valence-electron chi connectivity index (χ1n) is 12.2. The fourth-order valence-electron chi connectivity index (χ4n) is 4.63. The zero-order valence-corrected chi connectivity index (χ0v) is 20.3. The number of carbonyl (C=O) groups excluding carboxylic acids is 3. The van der Waals surface area contributed by atoms with Crippen LogP contribution < -0.4 is 15.4 Å². The van der Waals surface area contributed by atoms with Gasteiger partial charge < -0.3 is 25.0 Å². The van der Waals surface area contributed by atoms with E-state index in [0.29, 0.717) is 36.4 Å². The van der Waals surface area contributed by atoms with E-state index in [4.69, 9.17) is 9.47 Å². The number of benzene rings is 2. The lowest BCUT2D eigenvalue weighted by Gasteiger charge is -2.42. The van der Waals surface area contributed by atoms with Crippen molar-refractivity contribution in [2.75, 3.05) is 19.0 Å². The molecule has 0 spiro atoms. The molecule has 1 saturated heterocycles. The van der Waals surface area contributed by atoms with Crippen LogP contribution in [0.15, 0.2) is 48.5 Å². The summed E-state index contributed by atoms with van der Waals surface area (Å²) in [6.07, 6.45) is 2.28. The van der Waals surface area contributed by atoms with Gasteiger partial charge in [-0.1, -0.05) is 37.3 Å². The van der Waals surface area contributed by atoms with Crippen LogP contribution in [0.25, 0.3) is 0 Å². The molecule has 35 heavy (non-hydrogen) atoms.